The largest absolute Gasteiger partial charge is 0.395 e. The normalized spacial score (nSPS) is 29.0. The van der Waals surface area contributed by atoms with Gasteiger partial charge in [-0.15, -0.1) is 12.4 Å². The molecule has 0 saturated carbocycles. The van der Waals surface area contributed by atoms with Crippen molar-refractivity contribution in [2.45, 2.75) is 39.2 Å². The van der Waals surface area contributed by atoms with Crippen LogP contribution in [0.5, 0.6) is 0 Å². The summed E-state index contributed by atoms with van der Waals surface area (Å²) in [6.07, 6.45) is 5.74. The van der Waals surface area contributed by atoms with Crippen molar-refractivity contribution in [3.05, 3.63) is 11.6 Å². The summed E-state index contributed by atoms with van der Waals surface area (Å²) in [5, 5.41) is 8.86. The predicted octanol–water partition coefficient (Wildman–Crippen LogP) is 2.11. The third kappa shape index (κ3) is 3.99. The van der Waals surface area contributed by atoms with Gasteiger partial charge in [-0.2, -0.15) is 0 Å². The minimum absolute atomic E-state index is 0. The smallest absolute Gasteiger partial charge is 0.0582 e. The van der Waals surface area contributed by atoms with E-state index in [1.807, 2.05) is 0 Å². The highest BCUT2D eigenvalue weighted by molar-refractivity contribution is 5.85. The van der Waals surface area contributed by atoms with Gasteiger partial charge in [-0.25, -0.2) is 0 Å². The number of hydrogen-bond acceptors (Lipinski definition) is 2. The third-order valence-electron chi connectivity index (χ3n) is 3.04. The van der Waals surface area contributed by atoms with Crippen LogP contribution in [0.15, 0.2) is 11.6 Å². The molecule has 0 heterocycles. The van der Waals surface area contributed by atoms with E-state index in [1.54, 1.807) is 0 Å². The number of nitrogens with two attached hydrogens (primary N) is 1. The van der Waals surface area contributed by atoms with Crippen LogP contribution < -0.4 is 5.73 Å². The SMILES string of the molecule is CC1=CC(C)C(CC(N)CO)CC1.Cl. The fraction of sp³-hybridized carbons (Fsp3) is 0.818. The highest BCUT2D eigenvalue weighted by atomic mass is 35.5. The van der Waals surface area contributed by atoms with Crippen molar-refractivity contribution in [1.29, 1.82) is 0 Å². The van der Waals surface area contributed by atoms with Crippen LogP contribution in [-0.4, -0.2) is 17.8 Å². The highest BCUT2D eigenvalue weighted by Gasteiger charge is 2.21. The maximum absolute atomic E-state index is 8.86. The lowest BCUT2D eigenvalue weighted by molar-refractivity contribution is 0.226. The van der Waals surface area contributed by atoms with Gasteiger partial charge in [0.1, 0.15) is 0 Å². The molecule has 3 atom stereocenters. The van der Waals surface area contributed by atoms with Gasteiger partial charge in [0.15, 0.2) is 0 Å². The Labute approximate surface area is 93.0 Å². The Morgan fingerprint density at radius 1 is 1.64 bits per heavy atom. The summed E-state index contributed by atoms with van der Waals surface area (Å²) < 4.78 is 0. The van der Waals surface area contributed by atoms with Gasteiger partial charge in [-0.3, -0.25) is 0 Å². The fourth-order valence-corrected chi connectivity index (χ4v) is 2.14. The summed E-state index contributed by atoms with van der Waals surface area (Å²) in [5.41, 5.74) is 7.23. The number of aliphatic hydroxyl groups is 1. The minimum atomic E-state index is -0.0285. The topological polar surface area (TPSA) is 46.2 Å². The molecule has 14 heavy (non-hydrogen) atoms. The van der Waals surface area contributed by atoms with Crippen LogP contribution in [0, 0.1) is 11.8 Å². The Balaban J connectivity index is 0.00000169. The van der Waals surface area contributed by atoms with E-state index in [9.17, 15) is 0 Å². The lowest BCUT2D eigenvalue weighted by atomic mass is 9.79. The van der Waals surface area contributed by atoms with Crippen LogP contribution in [0.1, 0.15) is 33.1 Å². The molecule has 0 saturated heterocycles. The summed E-state index contributed by atoms with van der Waals surface area (Å²) in [6.45, 7) is 4.56. The predicted molar refractivity (Wildman–Crippen MR) is 62.6 cm³/mol. The average molecular weight is 220 g/mol. The molecule has 3 heteroatoms. The summed E-state index contributed by atoms with van der Waals surface area (Å²) in [4.78, 5) is 0. The Kier molecular flexibility index (Phi) is 6.41. The average Bonchev–Trinajstić information content (AvgIpc) is 2.09. The monoisotopic (exact) mass is 219 g/mol. The molecule has 0 fully saturated rings. The van der Waals surface area contributed by atoms with Gasteiger partial charge in [0, 0.05) is 6.04 Å². The molecule has 0 aromatic rings. The molecule has 0 spiro atoms. The maximum atomic E-state index is 8.86. The van der Waals surface area contributed by atoms with E-state index in [1.165, 1.54) is 18.4 Å². The molecule has 3 N–H and O–H groups in total. The molecular formula is C11H22ClNO. The number of aliphatic hydroxyl groups excluding tert-OH is 1. The molecule has 84 valence electrons. The van der Waals surface area contributed by atoms with Crippen LogP contribution in [0.3, 0.4) is 0 Å². The Morgan fingerprint density at radius 3 is 2.79 bits per heavy atom. The molecule has 1 aliphatic rings. The quantitative estimate of drug-likeness (QED) is 0.715. The number of allylic oxidation sites excluding steroid dienone is 2. The number of hydrogen-bond donors (Lipinski definition) is 2. The van der Waals surface area contributed by atoms with Crippen LogP contribution in [0.4, 0.5) is 0 Å². The van der Waals surface area contributed by atoms with Crippen molar-refractivity contribution < 1.29 is 5.11 Å². The van der Waals surface area contributed by atoms with Gasteiger partial charge in [0.2, 0.25) is 0 Å². The fourth-order valence-electron chi connectivity index (χ4n) is 2.14. The van der Waals surface area contributed by atoms with E-state index in [0.29, 0.717) is 11.8 Å². The number of halogens is 1. The lowest BCUT2D eigenvalue weighted by Gasteiger charge is -2.28. The Hall–Kier alpha value is -0.0500. The molecule has 0 radical (unpaired) electrons. The van der Waals surface area contributed by atoms with E-state index in [4.69, 9.17) is 10.8 Å². The zero-order valence-electron chi connectivity index (χ0n) is 9.07. The van der Waals surface area contributed by atoms with E-state index in [2.05, 4.69) is 19.9 Å². The molecule has 2 nitrogen and oxygen atoms in total. The summed E-state index contributed by atoms with van der Waals surface area (Å²) in [7, 11) is 0. The number of rotatable bonds is 3. The van der Waals surface area contributed by atoms with Gasteiger partial charge in [-0.1, -0.05) is 18.6 Å². The molecule has 0 amide bonds. The van der Waals surface area contributed by atoms with Gasteiger partial charge in [0.25, 0.3) is 0 Å². The highest BCUT2D eigenvalue weighted by Crippen LogP contribution is 2.31. The molecule has 3 unspecified atom stereocenters. The molecule has 0 aromatic carbocycles. The van der Waals surface area contributed by atoms with Gasteiger partial charge >= 0.3 is 0 Å². The molecule has 0 aliphatic heterocycles. The Morgan fingerprint density at radius 2 is 2.29 bits per heavy atom. The van der Waals surface area contributed by atoms with E-state index < -0.39 is 0 Å². The van der Waals surface area contributed by atoms with Crippen molar-refractivity contribution in [3.8, 4) is 0 Å². The van der Waals surface area contributed by atoms with Crippen LogP contribution in [0.25, 0.3) is 0 Å². The van der Waals surface area contributed by atoms with Crippen LogP contribution in [-0.2, 0) is 0 Å². The van der Waals surface area contributed by atoms with E-state index in [-0.39, 0.29) is 25.1 Å². The first kappa shape index (κ1) is 13.9. The standard InChI is InChI=1S/C11H21NO.ClH/c1-8-3-4-10(9(2)5-8)6-11(12)7-13;/h5,9-11,13H,3-4,6-7,12H2,1-2H3;1H. The van der Waals surface area contributed by atoms with Gasteiger partial charge in [0.05, 0.1) is 6.61 Å². The minimum Gasteiger partial charge on any atom is -0.395 e. The second-order valence-corrected chi connectivity index (χ2v) is 4.35. The zero-order chi connectivity index (χ0) is 9.84. The Bertz CT molecular complexity index is 194. The summed E-state index contributed by atoms with van der Waals surface area (Å²) in [5.74, 6) is 1.30. The third-order valence-corrected chi connectivity index (χ3v) is 3.04. The zero-order valence-corrected chi connectivity index (χ0v) is 9.89. The first-order chi connectivity index (χ1) is 6.13. The van der Waals surface area contributed by atoms with Gasteiger partial charge < -0.3 is 10.8 Å². The summed E-state index contributed by atoms with van der Waals surface area (Å²) >= 11 is 0. The van der Waals surface area contributed by atoms with Crippen LogP contribution in [0.2, 0.25) is 0 Å². The molecule has 0 aromatic heterocycles. The van der Waals surface area contributed by atoms with Crippen LogP contribution >= 0.6 is 12.4 Å². The second kappa shape index (κ2) is 6.44. The molecular weight excluding hydrogens is 198 g/mol. The first-order valence-electron chi connectivity index (χ1n) is 5.17. The molecule has 1 rings (SSSR count). The first-order valence-corrected chi connectivity index (χ1v) is 5.17. The lowest BCUT2D eigenvalue weighted by Crippen LogP contribution is -2.30. The van der Waals surface area contributed by atoms with Crippen molar-refractivity contribution in [2.24, 2.45) is 17.6 Å². The van der Waals surface area contributed by atoms with E-state index in [0.717, 1.165) is 6.42 Å². The van der Waals surface area contributed by atoms with E-state index >= 15 is 0 Å². The maximum Gasteiger partial charge on any atom is 0.0582 e. The van der Waals surface area contributed by atoms with Crippen molar-refractivity contribution in [1.82, 2.24) is 0 Å². The molecule has 1 aliphatic carbocycles. The second-order valence-electron chi connectivity index (χ2n) is 4.35. The van der Waals surface area contributed by atoms with Crippen molar-refractivity contribution >= 4 is 12.4 Å². The summed E-state index contributed by atoms with van der Waals surface area (Å²) in [6, 6.07) is -0.0285. The van der Waals surface area contributed by atoms with Crippen molar-refractivity contribution in [3.63, 3.8) is 0 Å². The van der Waals surface area contributed by atoms with Crippen molar-refractivity contribution in [2.75, 3.05) is 6.61 Å². The molecule has 0 bridgehead atoms. The van der Waals surface area contributed by atoms with Gasteiger partial charge in [-0.05, 0) is 38.0 Å².